The van der Waals surface area contributed by atoms with Gasteiger partial charge in [-0.3, -0.25) is 4.99 Å². The third-order valence-electron chi connectivity index (χ3n) is 3.87. The van der Waals surface area contributed by atoms with E-state index in [0.29, 0.717) is 28.9 Å². The third-order valence-corrected chi connectivity index (χ3v) is 4.17. The van der Waals surface area contributed by atoms with Crippen LogP contribution in [-0.2, 0) is 9.53 Å². The minimum absolute atomic E-state index is 0.339. The van der Waals surface area contributed by atoms with Crippen LogP contribution >= 0.6 is 11.6 Å². The highest BCUT2D eigenvalue weighted by atomic mass is 35.5. The smallest absolute Gasteiger partial charge is 0.333 e. The number of hydrogen-bond donors (Lipinski definition) is 0. The number of esters is 1. The molecule has 5 heteroatoms. The number of nitrogens with zero attached hydrogens (tertiary/aromatic N) is 2. The van der Waals surface area contributed by atoms with Gasteiger partial charge in [-0.25, -0.2) is 4.79 Å². The predicted octanol–water partition coefficient (Wildman–Crippen LogP) is 4.24. The van der Waals surface area contributed by atoms with Gasteiger partial charge in [-0.15, -0.1) is 0 Å². The first-order valence-corrected chi connectivity index (χ1v) is 7.78. The highest BCUT2D eigenvalue weighted by Gasteiger charge is 2.26. The van der Waals surface area contributed by atoms with Crippen molar-refractivity contribution >= 4 is 41.7 Å². The zero-order valence-corrected chi connectivity index (χ0v) is 14.0. The fraction of sp³-hybridized carbons (Fsp3) is 0.412. The van der Waals surface area contributed by atoms with E-state index in [4.69, 9.17) is 16.3 Å². The molecule has 0 radical (unpaired) electrons. The molecule has 0 amide bonds. The minimum Gasteiger partial charge on any atom is -0.463 e. The second-order valence-corrected chi connectivity index (χ2v) is 5.81. The lowest BCUT2D eigenvalue weighted by Gasteiger charge is -2.41. The van der Waals surface area contributed by atoms with Gasteiger partial charge in [0, 0.05) is 23.7 Å². The van der Waals surface area contributed by atoms with Crippen LogP contribution in [-0.4, -0.2) is 31.9 Å². The Morgan fingerprint density at radius 3 is 2.82 bits per heavy atom. The van der Waals surface area contributed by atoms with Crippen LogP contribution in [0.5, 0.6) is 0 Å². The van der Waals surface area contributed by atoms with Crippen LogP contribution in [0.1, 0.15) is 32.8 Å². The molecule has 2 rings (SSSR count). The molecule has 1 aliphatic rings. The molecule has 1 aromatic carbocycles. The zero-order chi connectivity index (χ0) is 16.3. The van der Waals surface area contributed by atoms with Crippen molar-refractivity contribution in [3.05, 3.63) is 28.3 Å². The Labute approximate surface area is 136 Å². The summed E-state index contributed by atoms with van der Waals surface area (Å²) in [6, 6.07) is 4.24. The van der Waals surface area contributed by atoms with Gasteiger partial charge in [0.2, 0.25) is 0 Å². The number of anilines is 1. The van der Waals surface area contributed by atoms with E-state index in [-0.39, 0.29) is 5.97 Å². The first kappa shape index (κ1) is 16.6. The van der Waals surface area contributed by atoms with E-state index in [2.05, 4.69) is 23.5 Å². The molecule has 0 aromatic heterocycles. The Bertz CT molecular complexity index is 625. The second-order valence-electron chi connectivity index (χ2n) is 5.40. The SMILES string of the molecule is C=Nc1cc(N2CCC2C)c(Cl)cc1/C=C(\C)C(=O)OCC. The normalized spacial score (nSPS) is 17.9. The number of carbonyl (C=O) groups is 1. The summed E-state index contributed by atoms with van der Waals surface area (Å²) in [4.78, 5) is 18.0. The molecule has 0 aliphatic carbocycles. The summed E-state index contributed by atoms with van der Waals surface area (Å²) < 4.78 is 4.99. The monoisotopic (exact) mass is 320 g/mol. The van der Waals surface area contributed by atoms with Gasteiger partial charge in [0.1, 0.15) is 0 Å². The summed E-state index contributed by atoms with van der Waals surface area (Å²) in [6.07, 6.45) is 2.90. The van der Waals surface area contributed by atoms with Crippen LogP contribution in [0.4, 0.5) is 11.4 Å². The van der Waals surface area contributed by atoms with Crippen molar-refractivity contribution in [3.8, 4) is 0 Å². The fourth-order valence-electron chi connectivity index (χ4n) is 2.45. The molecular formula is C17H21ClN2O2. The van der Waals surface area contributed by atoms with Crippen molar-refractivity contribution in [1.82, 2.24) is 0 Å². The predicted molar refractivity (Wildman–Crippen MR) is 92.4 cm³/mol. The van der Waals surface area contributed by atoms with Gasteiger partial charge < -0.3 is 9.64 Å². The Morgan fingerprint density at radius 1 is 1.59 bits per heavy atom. The maximum Gasteiger partial charge on any atom is 0.333 e. The lowest BCUT2D eigenvalue weighted by atomic mass is 10.0. The molecule has 1 saturated heterocycles. The molecule has 0 N–H and O–H groups in total. The van der Waals surface area contributed by atoms with Crippen LogP contribution in [0.3, 0.4) is 0 Å². The van der Waals surface area contributed by atoms with Crippen LogP contribution in [0.15, 0.2) is 22.7 Å². The van der Waals surface area contributed by atoms with Crippen molar-refractivity contribution in [1.29, 1.82) is 0 Å². The molecule has 1 fully saturated rings. The Balaban J connectivity index is 2.36. The van der Waals surface area contributed by atoms with Crippen LogP contribution in [0, 0.1) is 0 Å². The fourth-order valence-corrected chi connectivity index (χ4v) is 2.73. The first-order chi connectivity index (χ1) is 10.5. The number of ether oxygens (including phenoxy) is 1. The van der Waals surface area contributed by atoms with Crippen molar-refractivity contribution in [2.45, 2.75) is 33.2 Å². The van der Waals surface area contributed by atoms with Crippen LogP contribution < -0.4 is 4.90 Å². The summed E-state index contributed by atoms with van der Waals surface area (Å²) in [6.45, 7) is 10.6. The van der Waals surface area contributed by atoms with Crippen LogP contribution in [0.25, 0.3) is 6.08 Å². The third kappa shape index (κ3) is 3.33. The van der Waals surface area contributed by atoms with E-state index in [9.17, 15) is 4.79 Å². The molecule has 0 saturated carbocycles. The van der Waals surface area contributed by atoms with E-state index in [1.165, 1.54) is 0 Å². The van der Waals surface area contributed by atoms with E-state index >= 15 is 0 Å². The lowest BCUT2D eigenvalue weighted by Crippen LogP contribution is -2.45. The molecule has 118 valence electrons. The summed E-state index contributed by atoms with van der Waals surface area (Å²) in [5.41, 5.74) is 2.95. The Kier molecular flexibility index (Phi) is 5.24. The number of aliphatic imine (C=N–C) groups is 1. The topological polar surface area (TPSA) is 41.9 Å². The molecule has 0 bridgehead atoms. The van der Waals surface area contributed by atoms with Crippen molar-refractivity contribution in [3.63, 3.8) is 0 Å². The maximum absolute atomic E-state index is 11.7. The van der Waals surface area contributed by atoms with Crippen molar-refractivity contribution < 1.29 is 9.53 Å². The summed E-state index contributed by atoms with van der Waals surface area (Å²) in [5, 5.41) is 0.654. The largest absolute Gasteiger partial charge is 0.463 e. The quantitative estimate of drug-likeness (QED) is 0.463. The van der Waals surface area contributed by atoms with Crippen molar-refractivity contribution in [2.24, 2.45) is 4.99 Å². The maximum atomic E-state index is 11.7. The summed E-state index contributed by atoms with van der Waals surface area (Å²) in [5.74, 6) is -0.339. The average molecular weight is 321 g/mol. The van der Waals surface area contributed by atoms with E-state index in [1.807, 2.05) is 12.1 Å². The second kappa shape index (κ2) is 6.97. The van der Waals surface area contributed by atoms with Gasteiger partial charge in [0.25, 0.3) is 0 Å². The van der Waals surface area contributed by atoms with Gasteiger partial charge in [0.15, 0.2) is 0 Å². The number of carbonyl (C=O) groups excluding carboxylic acids is 1. The number of benzene rings is 1. The number of rotatable bonds is 5. The van der Waals surface area contributed by atoms with E-state index < -0.39 is 0 Å². The van der Waals surface area contributed by atoms with Gasteiger partial charge >= 0.3 is 5.97 Å². The first-order valence-electron chi connectivity index (χ1n) is 7.40. The molecule has 1 atom stereocenters. The molecule has 1 aromatic rings. The highest BCUT2D eigenvalue weighted by molar-refractivity contribution is 6.33. The van der Waals surface area contributed by atoms with E-state index in [0.717, 1.165) is 24.2 Å². The number of hydrogen-bond acceptors (Lipinski definition) is 4. The molecule has 1 heterocycles. The average Bonchev–Trinajstić information content (AvgIpc) is 2.48. The van der Waals surface area contributed by atoms with Gasteiger partial charge in [0.05, 0.1) is 23.0 Å². The van der Waals surface area contributed by atoms with Crippen molar-refractivity contribution in [2.75, 3.05) is 18.1 Å². The summed E-state index contributed by atoms with van der Waals surface area (Å²) >= 11 is 6.41. The number of halogens is 1. The van der Waals surface area contributed by atoms with E-state index in [1.54, 1.807) is 19.9 Å². The van der Waals surface area contributed by atoms with Gasteiger partial charge in [-0.1, -0.05) is 11.6 Å². The zero-order valence-electron chi connectivity index (χ0n) is 13.2. The molecule has 22 heavy (non-hydrogen) atoms. The lowest BCUT2D eigenvalue weighted by molar-refractivity contribution is -0.138. The molecule has 0 spiro atoms. The van der Waals surface area contributed by atoms with Gasteiger partial charge in [-0.2, -0.15) is 0 Å². The molecule has 4 nitrogen and oxygen atoms in total. The standard InChI is InChI=1S/C17H21ClN2O2/c1-5-22-17(21)11(2)8-13-9-14(18)16(10-15(13)19-4)20-7-6-12(20)3/h8-10,12H,4-7H2,1-3H3/b11-8+. The summed E-state index contributed by atoms with van der Waals surface area (Å²) in [7, 11) is 0. The van der Waals surface area contributed by atoms with Gasteiger partial charge in [-0.05, 0) is 52.1 Å². The molecular weight excluding hydrogens is 300 g/mol. The molecule has 1 aliphatic heterocycles. The Morgan fingerprint density at radius 2 is 2.32 bits per heavy atom. The molecule has 1 unspecified atom stereocenters. The Hall–Kier alpha value is -1.81. The minimum atomic E-state index is -0.339. The highest BCUT2D eigenvalue weighted by Crippen LogP contribution is 2.38. The van der Waals surface area contributed by atoms with Crippen LogP contribution in [0.2, 0.25) is 5.02 Å².